The third-order valence-corrected chi connectivity index (χ3v) is 6.77. The summed E-state index contributed by atoms with van der Waals surface area (Å²) in [7, 11) is 1.54. The van der Waals surface area contributed by atoms with E-state index in [9.17, 15) is 9.18 Å². The highest BCUT2D eigenvalue weighted by atomic mass is 32.1. The third kappa shape index (κ3) is 6.86. The molecular weight excluding hydrogens is 513 g/mol. The Hall–Kier alpha value is -4.56. The average molecular weight is 540 g/mol. The van der Waals surface area contributed by atoms with Gasteiger partial charge in [-0.05, 0) is 53.4 Å². The van der Waals surface area contributed by atoms with Crippen LogP contribution in [0.5, 0.6) is 16.7 Å². The van der Waals surface area contributed by atoms with E-state index in [2.05, 4.69) is 14.7 Å². The summed E-state index contributed by atoms with van der Waals surface area (Å²) in [5.74, 6) is 0.850. The Morgan fingerprint density at radius 3 is 2.33 bits per heavy atom. The van der Waals surface area contributed by atoms with E-state index in [0.717, 1.165) is 28.2 Å². The number of rotatable bonds is 10. The fraction of sp³-hybridized carbons (Fsp3) is 0.129. The van der Waals surface area contributed by atoms with Gasteiger partial charge in [-0.15, -0.1) is 0 Å². The second kappa shape index (κ2) is 12.3. The van der Waals surface area contributed by atoms with Crippen LogP contribution in [-0.2, 0) is 12.8 Å². The highest BCUT2D eigenvalue weighted by Gasteiger charge is 2.19. The molecule has 0 radical (unpaired) electrons. The van der Waals surface area contributed by atoms with Crippen molar-refractivity contribution in [1.82, 2.24) is 14.7 Å². The van der Waals surface area contributed by atoms with Crippen LogP contribution in [0.2, 0.25) is 0 Å². The molecule has 0 aliphatic heterocycles. The Balaban J connectivity index is 1.33. The lowest BCUT2D eigenvalue weighted by molar-refractivity contribution is 0.0936. The van der Waals surface area contributed by atoms with Crippen molar-refractivity contribution in [3.63, 3.8) is 0 Å². The molecule has 4 aromatic carbocycles. The average Bonchev–Trinajstić information content (AvgIpc) is 3.41. The zero-order chi connectivity index (χ0) is 27.0. The maximum Gasteiger partial charge on any atom is 0.298 e. The topological polar surface area (TPSA) is 73.3 Å². The van der Waals surface area contributed by atoms with Crippen molar-refractivity contribution in [3.8, 4) is 16.7 Å². The lowest BCUT2D eigenvalue weighted by Gasteiger charge is -2.20. The van der Waals surface area contributed by atoms with Gasteiger partial charge in [-0.1, -0.05) is 72.8 Å². The van der Waals surface area contributed by atoms with Crippen LogP contribution in [0.4, 0.5) is 4.39 Å². The largest absolute Gasteiger partial charge is 0.493 e. The number of nitrogens with one attached hydrogen (secondary N) is 1. The van der Waals surface area contributed by atoms with Gasteiger partial charge in [0, 0.05) is 23.5 Å². The lowest BCUT2D eigenvalue weighted by atomic mass is 9.98. The van der Waals surface area contributed by atoms with Gasteiger partial charge in [0.15, 0.2) is 17.3 Å². The molecule has 39 heavy (non-hydrogen) atoms. The molecule has 0 saturated heterocycles. The minimum absolute atomic E-state index is 0.218. The van der Waals surface area contributed by atoms with E-state index < -0.39 is 0 Å². The highest BCUT2D eigenvalue weighted by Crippen LogP contribution is 2.33. The summed E-state index contributed by atoms with van der Waals surface area (Å²) < 4.78 is 29.0. The minimum Gasteiger partial charge on any atom is -0.493 e. The van der Waals surface area contributed by atoms with E-state index in [1.165, 1.54) is 19.2 Å². The quantitative estimate of drug-likeness (QED) is 0.212. The summed E-state index contributed by atoms with van der Waals surface area (Å²) in [6.07, 6.45) is 1.10. The van der Waals surface area contributed by atoms with E-state index in [1.807, 2.05) is 60.7 Å². The molecule has 1 heterocycles. The van der Waals surface area contributed by atoms with Crippen molar-refractivity contribution in [3.05, 3.63) is 137 Å². The molecule has 0 saturated carbocycles. The Morgan fingerprint density at radius 1 is 0.897 bits per heavy atom. The van der Waals surface area contributed by atoms with E-state index in [4.69, 9.17) is 9.47 Å². The summed E-state index contributed by atoms with van der Waals surface area (Å²) in [5.41, 5.74) is 3.46. The molecule has 0 fully saturated rings. The molecule has 196 valence electrons. The van der Waals surface area contributed by atoms with Crippen LogP contribution in [0.3, 0.4) is 0 Å². The van der Waals surface area contributed by atoms with Crippen LogP contribution in [0.15, 0.2) is 103 Å². The van der Waals surface area contributed by atoms with Crippen LogP contribution < -0.4 is 14.8 Å². The molecule has 5 rings (SSSR count). The summed E-state index contributed by atoms with van der Waals surface area (Å²) >= 11 is 1.10. The normalized spacial score (nSPS) is 11.5. The van der Waals surface area contributed by atoms with Crippen LogP contribution in [-0.4, -0.2) is 22.4 Å². The number of aromatic nitrogens is 2. The van der Waals surface area contributed by atoms with Gasteiger partial charge in [-0.3, -0.25) is 4.79 Å². The smallest absolute Gasteiger partial charge is 0.298 e. The molecular formula is C31H26FN3O3S. The number of nitrogens with zero attached hydrogens (tertiary/aromatic N) is 2. The van der Waals surface area contributed by atoms with Gasteiger partial charge < -0.3 is 14.8 Å². The van der Waals surface area contributed by atoms with Crippen molar-refractivity contribution < 1.29 is 18.7 Å². The predicted octanol–water partition coefficient (Wildman–Crippen LogP) is 6.78. The Labute approximate surface area is 230 Å². The van der Waals surface area contributed by atoms with Crippen molar-refractivity contribution in [1.29, 1.82) is 0 Å². The van der Waals surface area contributed by atoms with Gasteiger partial charge in [0.05, 0.1) is 13.2 Å². The number of amides is 1. The van der Waals surface area contributed by atoms with Crippen molar-refractivity contribution in [2.45, 2.75) is 18.9 Å². The van der Waals surface area contributed by atoms with E-state index in [1.54, 1.807) is 30.3 Å². The Morgan fingerprint density at radius 2 is 1.62 bits per heavy atom. The number of hydrogen-bond acceptors (Lipinski definition) is 6. The summed E-state index contributed by atoms with van der Waals surface area (Å²) in [6, 6.07) is 31.0. The maximum atomic E-state index is 13.4. The van der Waals surface area contributed by atoms with E-state index in [-0.39, 0.29) is 17.8 Å². The van der Waals surface area contributed by atoms with Gasteiger partial charge in [0.1, 0.15) is 5.82 Å². The van der Waals surface area contributed by atoms with Crippen LogP contribution in [0.25, 0.3) is 0 Å². The molecule has 0 unspecified atom stereocenters. The minimum atomic E-state index is -0.292. The monoisotopic (exact) mass is 539 g/mol. The first kappa shape index (κ1) is 26.1. The van der Waals surface area contributed by atoms with Crippen LogP contribution >= 0.6 is 11.5 Å². The standard InChI is InChI=1S/C31H26FN3O3S/c1-37-27-17-14-24(20-28(27)38-31-34-29(35-39-31)19-22-12-15-25(32)16-13-22)30(36)33-26(23-10-6-3-7-11-23)18-21-8-4-2-5-9-21/h2-17,20,26H,18-19H2,1H3,(H,33,36)/t26-/m0/s1. The molecule has 1 N–H and O–H groups in total. The second-order valence-electron chi connectivity index (χ2n) is 8.87. The van der Waals surface area contributed by atoms with Crippen LogP contribution in [0.1, 0.15) is 38.9 Å². The first-order chi connectivity index (χ1) is 19.1. The molecule has 6 nitrogen and oxygen atoms in total. The first-order valence-corrected chi connectivity index (χ1v) is 13.2. The molecule has 0 aliphatic carbocycles. The summed E-state index contributed by atoms with van der Waals surface area (Å²) in [6.45, 7) is 0. The number of hydrogen-bond donors (Lipinski definition) is 1. The first-order valence-electron chi connectivity index (χ1n) is 12.4. The lowest BCUT2D eigenvalue weighted by Crippen LogP contribution is -2.30. The molecule has 8 heteroatoms. The zero-order valence-corrected chi connectivity index (χ0v) is 22.0. The van der Waals surface area contributed by atoms with Gasteiger partial charge >= 0.3 is 0 Å². The van der Waals surface area contributed by atoms with Crippen LogP contribution in [0, 0.1) is 5.82 Å². The second-order valence-corrected chi connectivity index (χ2v) is 9.59. The van der Waals surface area contributed by atoms with Crippen molar-refractivity contribution in [2.24, 2.45) is 0 Å². The number of methoxy groups -OCH3 is 1. The zero-order valence-electron chi connectivity index (χ0n) is 21.2. The third-order valence-electron chi connectivity index (χ3n) is 6.14. The van der Waals surface area contributed by atoms with Gasteiger partial charge in [0.25, 0.3) is 11.1 Å². The Bertz CT molecular complexity index is 1530. The maximum absolute atomic E-state index is 13.4. The SMILES string of the molecule is COc1ccc(C(=O)N[C@@H](Cc2ccccc2)c2ccccc2)cc1Oc1nc(Cc2ccc(F)cc2)ns1. The molecule has 0 bridgehead atoms. The van der Waals surface area contributed by atoms with Gasteiger partial charge in [-0.2, -0.15) is 9.36 Å². The molecule has 0 spiro atoms. The van der Waals surface area contributed by atoms with Crippen molar-refractivity contribution in [2.75, 3.05) is 7.11 Å². The highest BCUT2D eigenvalue weighted by molar-refractivity contribution is 7.07. The molecule has 0 aliphatic rings. The molecule has 5 aromatic rings. The van der Waals surface area contributed by atoms with Gasteiger partial charge in [-0.25, -0.2) is 4.39 Å². The van der Waals surface area contributed by atoms with Crippen molar-refractivity contribution >= 4 is 17.4 Å². The number of carbonyl (C=O) groups is 1. The predicted molar refractivity (Wildman–Crippen MR) is 149 cm³/mol. The fourth-order valence-corrected chi connectivity index (χ4v) is 4.72. The van der Waals surface area contributed by atoms with Gasteiger partial charge in [0.2, 0.25) is 0 Å². The fourth-order valence-electron chi connectivity index (χ4n) is 4.16. The number of ether oxygens (including phenoxy) is 2. The molecule has 1 aromatic heterocycles. The molecule has 1 atom stereocenters. The number of benzene rings is 4. The number of carbonyl (C=O) groups excluding carboxylic acids is 1. The number of halogens is 1. The van der Waals surface area contributed by atoms with E-state index >= 15 is 0 Å². The Kier molecular flexibility index (Phi) is 8.23. The molecule has 1 amide bonds. The summed E-state index contributed by atoms with van der Waals surface area (Å²) in [4.78, 5) is 17.8. The van der Waals surface area contributed by atoms with E-state index in [0.29, 0.717) is 40.9 Å². The summed E-state index contributed by atoms with van der Waals surface area (Å²) in [5, 5.41) is 3.49.